The van der Waals surface area contributed by atoms with Crippen molar-refractivity contribution in [3.05, 3.63) is 36.0 Å². The summed E-state index contributed by atoms with van der Waals surface area (Å²) in [6.45, 7) is 1.88. The summed E-state index contributed by atoms with van der Waals surface area (Å²) in [6.07, 6.45) is -3.99. The van der Waals surface area contributed by atoms with Crippen LogP contribution in [0.3, 0.4) is 0 Å². The van der Waals surface area contributed by atoms with Crippen molar-refractivity contribution in [3.63, 3.8) is 0 Å². The van der Waals surface area contributed by atoms with E-state index in [1.54, 1.807) is 24.3 Å². The number of amides is 1. The predicted octanol–water partition coefficient (Wildman–Crippen LogP) is 2.58. The normalized spacial score (nSPS) is 26.0. The van der Waals surface area contributed by atoms with Crippen LogP contribution < -0.4 is 10.2 Å². The molecular formula is C22H24F5N5O. The van der Waals surface area contributed by atoms with E-state index in [1.165, 1.54) is 4.90 Å². The number of anilines is 1. The monoisotopic (exact) mass is 469 g/mol. The largest absolute Gasteiger partial charge is 0.433 e. The van der Waals surface area contributed by atoms with Crippen molar-refractivity contribution < 1.29 is 26.7 Å². The summed E-state index contributed by atoms with van der Waals surface area (Å²) in [5.41, 5.74) is -0.0805. The van der Waals surface area contributed by atoms with Crippen LogP contribution in [0.1, 0.15) is 12.1 Å². The second-order valence-corrected chi connectivity index (χ2v) is 8.97. The first kappa shape index (κ1) is 22.3. The summed E-state index contributed by atoms with van der Waals surface area (Å²) >= 11 is 0. The van der Waals surface area contributed by atoms with Gasteiger partial charge in [0.25, 0.3) is 5.92 Å². The van der Waals surface area contributed by atoms with E-state index in [-0.39, 0.29) is 11.9 Å². The fraction of sp³-hybridized carbons (Fsp3) is 0.545. The fourth-order valence-corrected chi connectivity index (χ4v) is 4.96. The maximum absolute atomic E-state index is 13.4. The number of nitrogens with zero attached hydrogens (tertiary/aromatic N) is 4. The Morgan fingerprint density at radius 2 is 1.79 bits per heavy atom. The van der Waals surface area contributed by atoms with Crippen LogP contribution in [-0.4, -0.2) is 84.5 Å². The van der Waals surface area contributed by atoms with Crippen molar-refractivity contribution in [1.29, 1.82) is 0 Å². The Morgan fingerprint density at radius 3 is 2.45 bits per heavy atom. The quantitative estimate of drug-likeness (QED) is 0.701. The van der Waals surface area contributed by atoms with Crippen LogP contribution in [0.4, 0.5) is 27.6 Å². The molecule has 1 aromatic carbocycles. The van der Waals surface area contributed by atoms with Crippen LogP contribution in [0.15, 0.2) is 30.3 Å². The van der Waals surface area contributed by atoms with Gasteiger partial charge in [-0.1, -0.05) is 18.2 Å². The van der Waals surface area contributed by atoms with Crippen LogP contribution in [0.25, 0.3) is 10.9 Å². The number of nitrogens with one attached hydrogen (secondary N) is 1. The Labute approximate surface area is 187 Å². The lowest BCUT2D eigenvalue weighted by molar-refractivity contribution is -0.167. The molecule has 1 N–H and O–H groups in total. The van der Waals surface area contributed by atoms with Crippen LogP contribution >= 0.6 is 0 Å². The Kier molecular flexibility index (Phi) is 5.43. The second-order valence-electron chi connectivity index (χ2n) is 8.97. The van der Waals surface area contributed by atoms with Gasteiger partial charge in [-0.3, -0.25) is 9.69 Å². The first-order chi connectivity index (χ1) is 15.6. The highest BCUT2D eigenvalue weighted by Crippen LogP contribution is 2.35. The van der Waals surface area contributed by atoms with Gasteiger partial charge in [0, 0.05) is 49.8 Å². The van der Waals surface area contributed by atoms with Gasteiger partial charge in [-0.25, -0.2) is 13.8 Å². The number of carbonyl (C=O) groups is 1. The van der Waals surface area contributed by atoms with E-state index in [4.69, 9.17) is 0 Å². The molecule has 0 bridgehead atoms. The number of alkyl halides is 5. The Balaban J connectivity index is 1.24. The van der Waals surface area contributed by atoms with Gasteiger partial charge in [0.1, 0.15) is 5.69 Å². The Bertz CT molecular complexity index is 1050. The summed E-state index contributed by atoms with van der Waals surface area (Å²) in [6, 6.07) is 7.55. The van der Waals surface area contributed by atoms with E-state index >= 15 is 0 Å². The first-order valence-corrected chi connectivity index (χ1v) is 11.0. The van der Waals surface area contributed by atoms with E-state index in [9.17, 15) is 26.7 Å². The molecule has 3 aliphatic heterocycles. The van der Waals surface area contributed by atoms with E-state index in [0.717, 1.165) is 6.07 Å². The molecule has 5 rings (SSSR count). The number of halogens is 5. The molecule has 2 aromatic rings. The maximum atomic E-state index is 13.4. The average Bonchev–Trinajstić information content (AvgIpc) is 3.26. The second kappa shape index (κ2) is 8.05. The summed E-state index contributed by atoms with van der Waals surface area (Å²) in [7, 11) is 0. The molecule has 0 saturated carbocycles. The number of hydrogen-bond donors (Lipinski definition) is 1. The van der Waals surface area contributed by atoms with E-state index in [2.05, 4.69) is 15.2 Å². The number of pyridine rings is 1. The molecule has 0 unspecified atom stereocenters. The summed E-state index contributed by atoms with van der Waals surface area (Å²) in [5, 5.41) is 3.83. The Morgan fingerprint density at radius 1 is 1.09 bits per heavy atom. The fourth-order valence-electron chi connectivity index (χ4n) is 4.96. The van der Waals surface area contributed by atoms with Gasteiger partial charge in [0.15, 0.2) is 0 Å². The first-order valence-electron chi connectivity index (χ1n) is 11.0. The lowest BCUT2D eigenvalue weighted by Gasteiger charge is -2.40. The molecule has 11 heteroatoms. The molecule has 3 fully saturated rings. The molecule has 3 saturated heterocycles. The minimum Gasteiger partial charge on any atom is -0.368 e. The average molecular weight is 469 g/mol. The van der Waals surface area contributed by atoms with Crippen molar-refractivity contribution in [1.82, 2.24) is 20.1 Å². The molecule has 4 heterocycles. The van der Waals surface area contributed by atoms with Crippen LogP contribution in [0, 0.1) is 0 Å². The van der Waals surface area contributed by atoms with Crippen molar-refractivity contribution in [3.8, 4) is 0 Å². The van der Waals surface area contributed by atoms with Gasteiger partial charge in [-0.2, -0.15) is 13.2 Å². The number of carbonyl (C=O) groups excluding carboxylic acids is 1. The standard InChI is InChI=1S/C22H24F5N5O/c23-21(24)12-32(13-21)20(33)17-9-14(11-28-17)30-5-7-31(8-6-30)18-10-19(22(25,26)27)29-16-4-2-1-3-15(16)18/h1-4,10,14,17,28H,5-9,11-13H2/t14-,17-/m0/s1. The molecule has 0 aliphatic carbocycles. The SMILES string of the molecule is O=C([C@@H]1C[C@H](N2CCN(c3cc(C(F)(F)F)nc4ccccc34)CC2)CN1)N1CC(F)(F)C1. The van der Waals surface area contributed by atoms with Crippen molar-refractivity contribution in [2.45, 2.75) is 30.6 Å². The number of rotatable bonds is 3. The highest BCUT2D eigenvalue weighted by Gasteiger charge is 2.48. The minimum absolute atomic E-state index is 0.0859. The number of likely N-dealkylation sites (tertiary alicyclic amines) is 1. The van der Waals surface area contributed by atoms with Crippen LogP contribution in [0.5, 0.6) is 0 Å². The number of hydrogen-bond acceptors (Lipinski definition) is 5. The lowest BCUT2D eigenvalue weighted by atomic mass is 10.1. The summed E-state index contributed by atoms with van der Waals surface area (Å²) in [5.74, 6) is -3.07. The predicted molar refractivity (Wildman–Crippen MR) is 112 cm³/mol. The number of piperazine rings is 1. The molecule has 6 nitrogen and oxygen atoms in total. The van der Waals surface area contributed by atoms with E-state index in [0.29, 0.717) is 55.7 Å². The Hall–Kier alpha value is -2.53. The highest BCUT2D eigenvalue weighted by atomic mass is 19.4. The van der Waals surface area contributed by atoms with Crippen molar-refractivity contribution in [2.75, 3.05) is 50.7 Å². The van der Waals surface area contributed by atoms with E-state index in [1.807, 2.05) is 4.90 Å². The van der Waals surface area contributed by atoms with Crippen LogP contribution in [0.2, 0.25) is 0 Å². The van der Waals surface area contributed by atoms with Gasteiger partial charge in [-0.15, -0.1) is 0 Å². The topological polar surface area (TPSA) is 51.7 Å². The minimum atomic E-state index is -4.53. The smallest absolute Gasteiger partial charge is 0.368 e. The number of para-hydroxylation sites is 1. The van der Waals surface area contributed by atoms with Gasteiger partial charge in [-0.05, 0) is 18.6 Å². The summed E-state index contributed by atoms with van der Waals surface area (Å²) < 4.78 is 66.3. The highest BCUT2D eigenvalue weighted by molar-refractivity contribution is 5.92. The number of aromatic nitrogens is 1. The zero-order valence-electron chi connectivity index (χ0n) is 17.8. The number of fused-ring (bicyclic) bond motifs is 1. The third-order valence-electron chi connectivity index (χ3n) is 6.72. The zero-order valence-corrected chi connectivity index (χ0v) is 17.8. The zero-order chi connectivity index (χ0) is 23.4. The third-order valence-corrected chi connectivity index (χ3v) is 6.72. The van der Waals surface area contributed by atoms with Crippen LogP contribution in [-0.2, 0) is 11.0 Å². The van der Waals surface area contributed by atoms with Gasteiger partial charge in [0.2, 0.25) is 5.91 Å². The molecule has 1 aromatic heterocycles. The van der Waals surface area contributed by atoms with Gasteiger partial charge in [0.05, 0.1) is 24.6 Å². The summed E-state index contributed by atoms with van der Waals surface area (Å²) in [4.78, 5) is 21.6. The molecule has 0 radical (unpaired) electrons. The molecule has 178 valence electrons. The van der Waals surface area contributed by atoms with E-state index < -0.39 is 36.9 Å². The maximum Gasteiger partial charge on any atom is 0.433 e. The molecular weight excluding hydrogens is 445 g/mol. The third kappa shape index (κ3) is 4.35. The molecule has 2 atom stereocenters. The molecule has 3 aliphatic rings. The van der Waals surface area contributed by atoms with Gasteiger partial charge >= 0.3 is 6.18 Å². The van der Waals surface area contributed by atoms with Gasteiger partial charge < -0.3 is 15.1 Å². The number of benzene rings is 1. The molecule has 33 heavy (non-hydrogen) atoms. The molecule has 0 spiro atoms. The molecule has 1 amide bonds. The van der Waals surface area contributed by atoms with Crippen molar-refractivity contribution >= 4 is 22.5 Å². The lowest BCUT2D eigenvalue weighted by Crippen LogP contribution is -2.61. The van der Waals surface area contributed by atoms with Crippen molar-refractivity contribution in [2.24, 2.45) is 0 Å².